The third-order valence-corrected chi connectivity index (χ3v) is 4.02. The maximum absolute atomic E-state index is 12.0. The molecule has 0 aliphatic heterocycles. The van der Waals surface area contributed by atoms with Crippen LogP contribution in [0.2, 0.25) is 0 Å². The van der Waals surface area contributed by atoms with Crippen molar-refractivity contribution in [3.8, 4) is 17.2 Å². The Kier molecular flexibility index (Phi) is 7.80. The van der Waals surface area contributed by atoms with Gasteiger partial charge < -0.3 is 19.5 Å². The topological polar surface area (TPSA) is 56.8 Å². The molecular formula is C21H27NO4. The van der Waals surface area contributed by atoms with Gasteiger partial charge in [0.1, 0.15) is 5.75 Å². The monoisotopic (exact) mass is 357 g/mol. The molecule has 0 unspecified atom stereocenters. The van der Waals surface area contributed by atoms with Crippen molar-refractivity contribution in [2.75, 3.05) is 20.8 Å². The number of ether oxygens (including phenoxy) is 3. The van der Waals surface area contributed by atoms with Crippen molar-refractivity contribution < 1.29 is 19.0 Å². The lowest BCUT2D eigenvalue weighted by molar-refractivity contribution is -0.121. The van der Waals surface area contributed by atoms with Crippen LogP contribution in [0.3, 0.4) is 0 Å². The molecule has 0 aliphatic carbocycles. The maximum atomic E-state index is 12.0. The molecule has 0 atom stereocenters. The number of benzene rings is 2. The summed E-state index contributed by atoms with van der Waals surface area (Å²) in [7, 11) is 3.19. The van der Waals surface area contributed by atoms with Gasteiger partial charge in [0.25, 0.3) is 0 Å². The summed E-state index contributed by atoms with van der Waals surface area (Å²) >= 11 is 0. The molecule has 2 aromatic rings. The minimum absolute atomic E-state index is 0.0189. The first kappa shape index (κ1) is 19.6. The number of nitrogens with one attached hydrogen (secondary N) is 1. The van der Waals surface area contributed by atoms with E-state index in [4.69, 9.17) is 14.2 Å². The van der Waals surface area contributed by atoms with Gasteiger partial charge in [-0.1, -0.05) is 24.3 Å². The number of hydrogen-bond donors (Lipinski definition) is 1. The molecule has 0 heterocycles. The molecule has 5 nitrogen and oxygen atoms in total. The quantitative estimate of drug-likeness (QED) is 0.656. The number of methoxy groups -OCH3 is 2. The van der Waals surface area contributed by atoms with E-state index in [0.717, 1.165) is 24.2 Å². The summed E-state index contributed by atoms with van der Waals surface area (Å²) in [6, 6.07) is 13.6. The highest BCUT2D eigenvalue weighted by Gasteiger charge is 2.10. The number of unbranched alkanes of at least 4 members (excludes halogenated alkanes) is 1. The molecule has 0 fully saturated rings. The molecule has 2 aromatic carbocycles. The summed E-state index contributed by atoms with van der Waals surface area (Å²) in [5.74, 6) is 2.21. The molecule has 0 aliphatic rings. The highest BCUT2D eigenvalue weighted by molar-refractivity contribution is 5.75. The Labute approximate surface area is 155 Å². The number of aryl methyl sites for hydroxylation is 1. The van der Waals surface area contributed by atoms with Gasteiger partial charge in [0.2, 0.25) is 5.91 Å². The van der Waals surface area contributed by atoms with Crippen molar-refractivity contribution in [3.05, 3.63) is 53.6 Å². The summed E-state index contributed by atoms with van der Waals surface area (Å²) in [4.78, 5) is 12.0. The molecule has 0 bridgehead atoms. The third-order valence-electron chi connectivity index (χ3n) is 4.02. The Bertz CT molecular complexity index is 715. The van der Waals surface area contributed by atoms with Gasteiger partial charge in [0.15, 0.2) is 11.5 Å². The minimum atomic E-state index is 0.0189. The highest BCUT2D eigenvalue weighted by atomic mass is 16.5. The fourth-order valence-electron chi connectivity index (χ4n) is 2.66. The predicted octanol–water partition coefficient (Wildman–Crippen LogP) is 3.88. The van der Waals surface area contributed by atoms with Crippen LogP contribution in [0.4, 0.5) is 0 Å². The number of para-hydroxylation sites is 1. The predicted molar refractivity (Wildman–Crippen MR) is 102 cm³/mol. The van der Waals surface area contributed by atoms with Gasteiger partial charge in [-0.3, -0.25) is 4.79 Å². The van der Waals surface area contributed by atoms with Crippen LogP contribution >= 0.6 is 0 Å². The normalized spacial score (nSPS) is 10.3. The molecular weight excluding hydrogens is 330 g/mol. The largest absolute Gasteiger partial charge is 0.494 e. The molecule has 0 saturated heterocycles. The average molecular weight is 357 g/mol. The summed E-state index contributed by atoms with van der Waals surface area (Å²) in [5, 5.41) is 2.93. The summed E-state index contributed by atoms with van der Waals surface area (Å²) < 4.78 is 16.3. The fourth-order valence-corrected chi connectivity index (χ4v) is 2.66. The first-order valence-electron chi connectivity index (χ1n) is 8.80. The Morgan fingerprint density at radius 2 is 1.85 bits per heavy atom. The van der Waals surface area contributed by atoms with Crippen molar-refractivity contribution >= 4 is 5.91 Å². The van der Waals surface area contributed by atoms with E-state index >= 15 is 0 Å². The Morgan fingerprint density at radius 3 is 2.58 bits per heavy atom. The first-order valence-corrected chi connectivity index (χ1v) is 8.80. The van der Waals surface area contributed by atoms with Crippen LogP contribution in [0, 0.1) is 6.92 Å². The second-order valence-electron chi connectivity index (χ2n) is 6.05. The molecule has 0 aromatic heterocycles. The van der Waals surface area contributed by atoms with Crippen LogP contribution in [0.1, 0.15) is 30.4 Å². The zero-order valence-corrected chi connectivity index (χ0v) is 15.7. The van der Waals surface area contributed by atoms with E-state index in [1.807, 2.05) is 49.4 Å². The standard InChI is InChI=1S/C21H27NO4/c1-16-8-6-10-18(14-16)26-13-5-4-12-20(23)22-15-17-9-7-11-19(24-2)21(17)25-3/h6-11,14H,4-5,12-13,15H2,1-3H3,(H,22,23). The number of rotatable bonds is 10. The summed E-state index contributed by atoms with van der Waals surface area (Å²) in [5.41, 5.74) is 2.07. The second-order valence-corrected chi connectivity index (χ2v) is 6.05. The molecule has 5 heteroatoms. The average Bonchev–Trinajstić information content (AvgIpc) is 2.65. The Morgan fingerprint density at radius 1 is 1.04 bits per heavy atom. The van der Waals surface area contributed by atoms with Crippen LogP contribution in [-0.4, -0.2) is 26.7 Å². The van der Waals surface area contributed by atoms with Crippen molar-refractivity contribution in [2.45, 2.75) is 32.7 Å². The van der Waals surface area contributed by atoms with E-state index in [-0.39, 0.29) is 5.91 Å². The van der Waals surface area contributed by atoms with Crippen LogP contribution in [0.25, 0.3) is 0 Å². The van der Waals surface area contributed by atoms with E-state index in [1.165, 1.54) is 5.56 Å². The maximum Gasteiger partial charge on any atom is 0.220 e. The highest BCUT2D eigenvalue weighted by Crippen LogP contribution is 2.30. The third kappa shape index (κ3) is 5.99. The zero-order valence-electron chi connectivity index (χ0n) is 15.7. The van der Waals surface area contributed by atoms with Gasteiger partial charge in [-0.25, -0.2) is 0 Å². The number of carbonyl (C=O) groups is 1. The molecule has 140 valence electrons. The lowest BCUT2D eigenvalue weighted by Gasteiger charge is -2.13. The van der Waals surface area contributed by atoms with E-state index in [1.54, 1.807) is 14.2 Å². The second kappa shape index (κ2) is 10.3. The minimum Gasteiger partial charge on any atom is -0.494 e. The zero-order chi connectivity index (χ0) is 18.8. The molecule has 0 radical (unpaired) electrons. The smallest absolute Gasteiger partial charge is 0.220 e. The van der Waals surface area contributed by atoms with Crippen molar-refractivity contribution in [1.29, 1.82) is 0 Å². The van der Waals surface area contributed by atoms with Gasteiger partial charge in [0, 0.05) is 18.5 Å². The SMILES string of the molecule is COc1cccc(CNC(=O)CCCCOc2cccc(C)c2)c1OC. The summed E-state index contributed by atoms with van der Waals surface area (Å²) in [6.07, 6.45) is 2.10. The Balaban J connectivity index is 1.68. The van der Waals surface area contributed by atoms with Crippen molar-refractivity contribution in [3.63, 3.8) is 0 Å². The molecule has 0 spiro atoms. The first-order chi connectivity index (χ1) is 12.6. The van der Waals surface area contributed by atoms with Crippen LogP contribution in [-0.2, 0) is 11.3 Å². The number of carbonyl (C=O) groups excluding carboxylic acids is 1. The van der Waals surface area contributed by atoms with Crippen molar-refractivity contribution in [1.82, 2.24) is 5.32 Å². The van der Waals surface area contributed by atoms with Crippen LogP contribution in [0.5, 0.6) is 17.2 Å². The van der Waals surface area contributed by atoms with Gasteiger partial charge in [-0.15, -0.1) is 0 Å². The molecule has 0 saturated carbocycles. The van der Waals surface area contributed by atoms with E-state index in [0.29, 0.717) is 31.1 Å². The number of hydrogen-bond acceptors (Lipinski definition) is 4. The lowest BCUT2D eigenvalue weighted by Crippen LogP contribution is -2.22. The van der Waals surface area contributed by atoms with Gasteiger partial charge in [-0.05, 0) is 43.5 Å². The van der Waals surface area contributed by atoms with E-state index < -0.39 is 0 Å². The van der Waals surface area contributed by atoms with Crippen LogP contribution < -0.4 is 19.5 Å². The fraction of sp³-hybridized carbons (Fsp3) is 0.381. The van der Waals surface area contributed by atoms with Crippen molar-refractivity contribution in [2.24, 2.45) is 0 Å². The lowest BCUT2D eigenvalue weighted by atomic mass is 10.1. The summed E-state index contributed by atoms with van der Waals surface area (Å²) in [6.45, 7) is 3.06. The molecule has 2 rings (SSSR count). The van der Waals surface area contributed by atoms with Gasteiger partial charge in [-0.2, -0.15) is 0 Å². The molecule has 26 heavy (non-hydrogen) atoms. The Hall–Kier alpha value is -2.69. The van der Waals surface area contributed by atoms with E-state index in [9.17, 15) is 4.79 Å². The molecule has 1 N–H and O–H groups in total. The van der Waals surface area contributed by atoms with Gasteiger partial charge in [0.05, 0.1) is 20.8 Å². The molecule has 1 amide bonds. The van der Waals surface area contributed by atoms with Crippen LogP contribution in [0.15, 0.2) is 42.5 Å². The van der Waals surface area contributed by atoms with Gasteiger partial charge >= 0.3 is 0 Å². The number of amides is 1. The van der Waals surface area contributed by atoms with E-state index in [2.05, 4.69) is 5.32 Å².